The van der Waals surface area contributed by atoms with Gasteiger partial charge in [-0.05, 0) is 39.2 Å². The van der Waals surface area contributed by atoms with Crippen LogP contribution in [-0.4, -0.2) is 50.3 Å². The first-order valence-electron chi connectivity index (χ1n) is 6.27. The molecular formula is C12H24N2O. The molecule has 1 N–H and O–H groups in total. The molecule has 2 aliphatic rings. The van der Waals surface area contributed by atoms with Crippen molar-refractivity contribution in [3.63, 3.8) is 0 Å². The molecule has 0 bridgehead atoms. The van der Waals surface area contributed by atoms with Crippen molar-refractivity contribution in [2.24, 2.45) is 0 Å². The summed E-state index contributed by atoms with van der Waals surface area (Å²) in [5, 5.41) is 3.41. The van der Waals surface area contributed by atoms with Crippen LogP contribution in [0.25, 0.3) is 0 Å². The Morgan fingerprint density at radius 2 is 1.93 bits per heavy atom. The summed E-state index contributed by atoms with van der Waals surface area (Å²) in [6.45, 7) is 2.01. The van der Waals surface area contributed by atoms with Crippen LogP contribution in [0.2, 0.25) is 0 Å². The molecule has 2 aliphatic carbocycles. The van der Waals surface area contributed by atoms with Gasteiger partial charge >= 0.3 is 0 Å². The van der Waals surface area contributed by atoms with Crippen molar-refractivity contribution >= 4 is 0 Å². The molecule has 0 saturated heterocycles. The van der Waals surface area contributed by atoms with E-state index < -0.39 is 0 Å². The number of hydrogen-bond donors (Lipinski definition) is 1. The van der Waals surface area contributed by atoms with Gasteiger partial charge in [0.15, 0.2) is 0 Å². The molecule has 0 aromatic rings. The van der Waals surface area contributed by atoms with Gasteiger partial charge < -0.3 is 10.1 Å². The SMILES string of the molecule is CNC1CCC(N(CCOC)C2CC2)C1. The third kappa shape index (κ3) is 2.92. The number of nitrogens with zero attached hydrogens (tertiary/aromatic N) is 1. The minimum atomic E-state index is 0.749. The summed E-state index contributed by atoms with van der Waals surface area (Å²) >= 11 is 0. The molecule has 2 saturated carbocycles. The average Bonchev–Trinajstić information content (AvgIpc) is 2.97. The van der Waals surface area contributed by atoms with Gasteiger partial charge in [-0.1, -0.05) is 0 Å². The monoisotopic (exact) mass is 212 g/mol. The van der Waals surface area contributed by atoms with Gasteiger partial charge in [0.2, 0.25) is 0 Å². The molecule has 15 heavy (non-hydrogen) atoms. The molecule has 0 radical (unpaired) electrons. The van der Waals surface area contributed by atoms with Crippen LogP contribution in [0, 0.1) is 0 Å². The fraction of sp³-hybridized carbons (Fsp3) is 1.00. The molecule has 88 valence electrons. The minimum Gasteiger partial charge on any atom is -0.383 e. The normalized spacial score (nSPS) is 31.4. The molecule has 2 unspecified atom stereocenters. The number of rotatable bonds is 6. The maximum absolute atomic E-state index is 5.21. The van der Waals surface area contributed by atoms with Crippen molar-refractivity contribution in [2.45, 2.75) is 50.2 Å². The number of ether oxygens (including phenoxy) is 1. The van der Waals surface area contributed by atoms with Crippen LogP contribution in [0.5, 0.6) is 0 Å². The van der Waals surface area contributed by atoms with E-state index in [2.05, 4.69) is 17.3 Å². The summed E-state index contributed by atoms with van der Waals surface area (Å²) in [5.41, 5.74) is 0. The maximum Gasteiger partial charge on any atom is 0.0589 e. The Balaban J connectivity index is 1.82. The Hall–Kier alpha value is -0.120. The van der Waals surface area contributed by atoms with Crippen molar-refractivity contribution in [3.8, 4) is 0 Å². The molecule has 3 nitrogen and oxygen atoms in total. The molecule has 0 amide bonds. The summed E-state index contributed by atoms with van der Waals surface area (Å²) in [4.78, 5) is 2.70. The summed E-state index contributed by atoms with van der Waals surface area (Å²) in [5.74, 6) is 0. The van der Waals surface area contributed by atoms with Gasteiger partial charge in [-0.2, -0.15) is 0 Å². The molecular weight excluding hydrogens is 188 g/mol. The molecule has 2 rings (SSSR count). The van der Waals surface area contributed by atoms with E-state index in [-0.39, 0.29) is 0 Å². The molecule has 0 aromatic heterocycles. The lowest BCUT2D eigenvalue weighted by Gasteiger charge is -2.28. The van der Waals surface area contributed by atoms with Crippen LogP contribution in [0.15, 0.2) is 0 Å². The molecule has 2 atom stereocenters. The second-order valence-electron chi connectivity index (χ2n) is 4.91. The minimum absolute atomic E-state index is 0.749. The number of methoxy groups -OCH3 is 1. The molecule has 2 fully saturated rings. The average molecular weight is 212 g/mol. The summed E-state index contributed by atoms with van der Waals surface area (Å²) in [6.07, 6.45) is 6.86. The predicted molar refractivity (Wildman–Crippen MR) is 62.1 cm³/mol. The van der Waals surface area contributed by atoms with Gasteiger partial charge in [-0.25, -0.2) is 0 Å². The number of nitrogens with one attached hydrogen (secondary N) is 1. The maximum atomic E-state index is 5.21. The summed E-state index contributed by atoms with van der Waals surface area (Å²) < 4.78 is 5.21. The van der Waals surface area contributed by atoms with Gasteiger partial charge in [-0.3, -0.25) is 4.90 Å². The van der Waals surface area contributed by atoms with E-state index in [1.165, 1.54) is 32.1 Å². The second-order valence-corrected chi connectivity index (χ2v) is 4.91. The third-order valence-corrected chi connectivity index (χ3v) is 3.85. The van der Waals surface area contributed by atoms with E-state index >= 15 is 0 Å². The molecule has 0 spiro atoms. The highest BCUT2D eigenvalue weighted by Gasteiger charge is 2.36. The van der Waals surface area contributed by atoms with Crippen LogP contribution >= 0.6 is 0 Å². The highest BCUT2D eigenvalue weighted by atomic mass is 16.5. The second kappa shape index (κ2) is 5.28. The van der Waals surface area contributed by atoms with Crippen LogP contribution in [0.3, 0.4) is 0 Å². The largest absolute Gasteiger partial charge is 0.383 e. The van der Waals surface area contributed by atoms with Gasteiger partial charge in [-0.15, -0.1) is 0 Å². The predicted octanol–water partition coefficient (Wildman–Crippen LogP) is 1.24. The van der Waals surface area contributed by atoms with E-state index in [1.54, 1.807) is 7.11 Å². The third-order valence-electron chi connectivity index (χ3n) is 3.85. The van der Waals surface area contributed by atoms with Crippen LogP contribution in [0.1, 0.15) is 32.1 Å². The first kappa shape index (κ1) is 11.4. The summed E-state index contributed by atoms with van der Waals surface area (Å²) in [7, 11) is 3.89. The van der Waals surface area contributed by atoms with Crippen LogP contribution in [-0.2, 0) is 4.74 Å². The number of hydrogen-bond acceptors (Lipinski definition) is 3. The quantitative estimate of drug-likeness (QED) is 0.717. The lowest BCUT2D eigenvalue weighted by Crippen LogP contribution is -2.39. The van der Waals surface area contributed by atoms with Gasteiger partial charge in [0, 0.05) is 31.8 Å². The Bertz CT molecular complexity index is 194. The molecule has 0 aromatic carbocycles. The van der Waals surface area contributed by atoms with Crippen molar-refractivity contribution < 1.29 is 4.74 Å². The van der Waals surface area contributed by atoms with E-state index in [1.807, 2.05) is 0 Å². The van der Waals surface area contributed by atoms with Crippen molar-refractivity contribution in [2.75, 3.05) is 27.3 Å². The van der Waals surface area contributed by atoms with Crippen molar-refractivity contribution in [1.29, 1.82) is 0 Å². The smallest absolute Gasteiger partial charge is 0.0589 e. The van der Waals surface area contributed by atoms with Gasteiger partial charge in [0.1, 0.15) is 0 Å². The van der Waals surface area contributed by atoms with Gasteiger partial charge in [0.25, 0.3) is 0 Å². The van der Waals surface area contributed by atoms with Gasteiger partial charge in [0.05, 0.1) is 6.61 Å². The Kier molecular flexibility index (Phi) is 4.00. The Morgan fingerprint density at radius 1 is 1.20 bits per heavy atom. The zero-order valence-electron chi connectivity index (χ0n) is 10.0. The topological polar surface area (TPSA) is 24.5 Å². The fourth-order valence-corrected chi connectivity index (χ4v) is 2.79. The standard InChI is InChI=1S/C12H24N2O/c1-13-10-3-4-12(9-10)14(7-8-15-2)11-5-6-11/h10-13H,3-9H2,1-2H3. The fourth-order valence-electron chi connectivity index (χ4n) is 2.79. The van der Waals surface area contributed by atoms with Crippen LogP contribution < -0.4 is 5.32 Å². The van der Waals surface area contributed by atoms with Crippen molar-refractivity contribution in [3.05, 3.63) is 0 Å². The first-order chi connectivity index (χ1) is 7.35. The molecule has 0 aliphatic heterocycles. The van der Waals surface area contributed by atoms with E-state index in [9.17, 15) is 0 Å². The van der Waals surface area contributed by atoms with Crippen molar-refractivity contribution in [1.82, 2.24) is 10.2 Å². The van der Waals surface area contributed by atoms with E-state index in [4.69, 9.17) is 4.74 Å². The lowest BCUT2D eigenvalue weighted by atomic mass is 10.2. The molecule has 3 heteroatoms. The highest BCUT2D eigenvalue weighted by Crippen LogP contribution is 2.34. The highest BCUT2D eigenvalue weighted by molar-refractivity contribution is 4.93. The lowest BCUT2D eigenvalue weighted by molar-refractivity contribution is 0.114. The summed E-state index contributed by atoms with van der Waals surface area (Å²) in [6, 6.07) is 2.43. The zero-order valence-corrected chi connectivity index (χ0v) is 10.0. The van der Waals surface area contributed by atoms with E-state index in [0.29, 0.717) is 0 Å². The van der Waals surface area contributed by atoms with E-state index in [0.717, 1.165) is 31.3 Å². The Labute approximate surface area is 93.2 Å². The molecule has 0 heterocycles. The van der Waals surface area contributed by atoms with Crippen LogP contribution in [0.4, 0.5) is 0 Å². The zero-order chi connectivity index (χ0) is 10.7. The Morgan fingerprint density at radius 3 is 2.47 bits per heavy atom. The first-order valence-corrected chi connectivity index (χ1v) is 6.27.